The number of aromatic nitrogens is 3. The lowest BCUT2D eigenvalue weighted by atomic mass is 10.1. The van der Waals surface area contributed by atoms with Gasteiger partial charge >= 0.3 is 0 Å². The summed E-state index contributed by atoms with van der Waals surface area (Å²) in [5.74, 6) is 1.37. The Kier molecular flexibility index (Phi) is 3.41. The average molecular weight is 337 g/mol. The Bertz CT molecular complexity index is 891. The van der Waals surface area contributed by atoms with E-state index in [1.165, 1.54) is 6.20 Å². The topological polar surface area (TPSA) is 104 Å². The van der Waals surface area contributed by atoms with Gasteiger partial charge in [0.2, 0.25) is 0 Å². The molecule has 2 heterocycles. The van der Waals surface area contributed by atoms with Gasteiger partial charge in [0, 0.05) is 17.7 Å². The zero-order valence-corrected chi connectivity index (χ0v) is 14.2. The fourth-order valence-corrected chi connectivity index (χ4v) is 3.46. The van der Waals surface area contributed by atoms with E-state index in [2.05, 4.69) is 21.5 Å². The summed E-state index contributed by atoms with van der Waals surface area (Å²) >= 11 is 0. The van der Waals surface area contributed by atoms with Gasteiger partial charge in [-0.05, 0) is 44.7 Å². The molecule has 7 nitrogen and oxygen atoms in total. The molecule has 1 fully saturated rings. The van der Waals surface area contributed by atoms with Gasteiger partial charge in [-0.1, -0.05) is 0 Å². The summed E-state index contributed by atoms with van der Waals surface area (Å²) in [6.45, 7) is 3.38. The van der Waals surface area contributed by atoms with Crippen LogP contribution in [0.25, 0.3) is 5.82 Å². The smallest absolute Gasteiger partial charge is 0.272 e. The highest BCUT2D eigenvalue weighted by Gasteiger charge is 2.50. The van der Waals surface area contributed by atoms with Crippen LogP contribution in [-0.4, -0.2) is 37.9 Å². The van der Waals surface area contributed by atoms with Crippen molar-refractivity contribution in [1.82, 2.24) is 20.1 Å². The summed E-state index contributed by atoms with van der Waals surface area (Å²) in [6, 6.07) is 5.50. The number of aliphatic hydroxyl groups is 1. The third-order valence-corrected chi connectivity index (χ3v) is 4.92. The molecule has 1 amide bonds. The molecule has 2 atom stereocenters. The van der Waals surface area contributed by atoms with Crippen molar-refractivity contribution in [1.29, 1.82) is 5.26 Å². The standard InChI is InChI=1S/C18H19N5O2/c1-18(2,9-24)21-17(25)15-13-6-11-5-12(11)16(13)23(22-15)14-4-3-10(7-19)8-20-14/h3-4,8,11-12,24H,5-6,9H2,1-2H3,(H,21,25)/t11-,12-/m1/s1. The first kappa shape index (κ1) is 15.8. The lowest BCUT2D eigenvalue weighted by Gasteiger charge is -2.23. The van der Waals surface area contributed by atoms with Crippen molar-refractivity contribution < 1.29 is 9.90 Å². The van der Waals surface area contributed by atoms with Crippen LogP contribution in [0.4, 0.5) is 0 Å². The van der Waals surface area contributed by atoms with Crippen LogP contribution in [0.15, 0.2) is 18.3 Å². The van der Waals surface area contributed by atoms with E-state index in [0.29, 0.717) is 28.9 Å². The monoisotopic (exact) mass is 337 g/mol. The molecule has 2 aliphatic rings. The molecule has 0 spiro atoms. The van der Waals surface area contributed by atoms with Gasteiger partial charge in [0.1, 0.15) is 6.07 Å². The van der Waals surface area contributed by atoms with Gasteiger partial charge < -0.3 is 10.4 Å². The lowest BCUT2D eigenvalue weighted by molar-refractivity contribution is 0.0863. The number of amides is 1. The van der Waals surface area contributed by atoms with Gasteiger partial charge in [-0.25, -0.2) is 9.67 Å². The number of hydrogen-bond donors (Lipinski definition) is 2. The molecule has 0 aromatic carbocycles. The van der Waals surface area contributed by atoms with E-state index in [4.69, 9.17) is 5.26 Å². The molecule has 128 valence electrons. The van der Waals surface area contributed by atoms with Gasteiger partial charge in [0.25, 0.3) is 5.91 Å². The van der Waals surface area contributed by atoms with Crippen LogP contribution in [-0.2, 0) is 6.42 Å². The minimum absolute atomic E-state index is 0.149. The number of nitriles is 1. The lowest BCUT2D eigenvalue weighted by Crippen LogP contribution is -2.46. The fraction of sp³-hybridized carbons (Fsp3) is 0.444. The number of aliphatic hydroxyl groups excluding tert-OH is 1. The Morgan fingerprint density at radius 2 is 2.32 bits per heavy atom. The van der Waals surface area contributed by atoms with Crippen molar-refractivity contribution in [3.05, 3.63) is 40.8 Å². The number of pyridine rings is 1. The highest BCUT2D eigenvalue weighted by atomic mass is 16.3. The minimum Gasteiger partial charge on any atom is -0.394 e. The van der Waals surface area contributed by atoms with Crippen LogP contribution in [0.5, 0.6) is 0 Å². The predicted molar refractivity (Wildman–Crippen MR) is 89.3 cm³/mol. The van der Waals surface area contributed by atoms with Gasteiger partial charge in [0.15, 0.2) is 11.5 Å². The highest BCUT2D eigenvalue weighted by Crippen LogP contribution is 2.57. The van der Waals surface area contributed by atoms with E-state index >= 15 is 0 Å². The highest BCUT2D eigenvalue weighted by molar-refractivity contribution is 5.95. The Balaban J connectivity index is 1.74. The number of nitrogens with one attached hydrogen (secondary N) is 1. The molecule has 4 rings (SSSR count). The van der Waals surface area contributed by atoms with Crippen molar-refractivity contribution >= 4 is 5.91 Å². The second-order valence-electron chi connectivity index (χ2n) is 7.44. The summed E-state index contributed by atoms with van der Waals surface area (Å²) in [7, 11) is 0. The van der Waals surface area contributed by atoms with Crippen LogP contribution in [0.3, 0.4) is 0 Å². The zero-order valence-electron chi connectivity index (χ0n) is 14.2. The molecule has 0 bridgehead atoms. The Hall–Kier alpha value is -2.72. The molecule has 2 aromatic rings. The summed E-state index contributed by atoms with van der Waals surface area (Å²) in [6.07, 6.45) is 3.49. The summed E-state index contributed by atoms with van der Waals surface area (Å²) in [4.78, 5) is 17.0. The van der Waals surface area contributed by atoms with Crippen molar-refractivity contribution in [3.8, 4) is 11.9 Å². The number of hydrogen-bond acceptors (Lipinski definition) is 5. The Morgan fingerprint density at radius 1 is 1.52 bits per heavy atom. The Labute approximate surface area is 145 Å². The first-order chi connectivity index (χ1) is 11.9. The number of rotatable bonds is 4. The summed E-state index contributed by atoms with van der Waals surface area (Å²) < 4.78 is 1.75. The largest absolute Gasteiger partial charge is 0.394 e. The van der Waals surface area contributed by atoms with E-state index in [0.717, 1.165) is 24.1 Å². The number of carbonyl (C=O) groups is 1. The molecule has 0 unspecified atom stereocenters. The zero-order chi connectivity index (χ0) is 17.8. The second kappa shape index (κ2) is 5.39. The average Bonchev–Trinajstić information content (AvgIpc) is 3.10. The van der Waals surface area contributed by atoms with Crippen LogP contribution < -0.4 is 5.32 Å². The molecule has 0 radical (unpaired) electrons. The van der Waals surface area contributed by atoms with Crippen molar-refractivity contribution in [3.63, 3.8) is 0 Å². The molecule has 2 aliphatic carbocycles. The number of nitrogens with zero attached hydrogens (tertiary/aromatic N) is 4. The first-order valence-corrected chi connectivity index (χ1v) is 8.35. The minimum atomic E-state index is -0.706. The van der Waals surface area contributed by atoms with Crippen LogP contribution in [0, 0.1) is 17.2 Å². The molecule has 0 aliphatic heterocycles. The third kappa shape index (κ3) is 2.59. The predicted octanol–water partition coefficient (Wildman–Crippen LogP) is 1.30. The quantitative estimate of drug-likeness (QED) is 0.875. The van der Waals surface area contributed by atoms with Gasteiger partial charge in [0.05, 0.1) is 23.4 Å². The molecule has 7 heteroatoms. The van der Waals surface area contributed by atoms with Crippen molar-refractivity contribution in [2.75, 3.05) is 6.61 Å². The third-order valence-electron chi connectivity index (χ3n) is 4.92. The Morgan fingerprint density at radius 3 is 2.96 bits per heavy atom. The molecule has 2 aromatic heterocycles. The van der Waals surface area contributed by atoms with Gasteiger partial charge in [-0.15, -0.1) is 0 Å². The van der Waals surface area contributed by atoms with E-state index in [1.807, 2.05) is 0 Å². The van der Waals surface area contributed by atoms with Crippen molar-refractivity contribution in [2.45, 2.75) is 38.1 Å². The molecule has 2 N–H and O–H groups in total. The molecule has 25 heavy (non-hydrogen) atoms. The molecular formula is C18H19N5O2. The van der Waals surface area contributed by atoms with Crippen LogP contribution in [0.1, 0.15) is 53.5 Å². The van der Waals surface area contributed by atoms with Crippen LogP contribution in [0.2, 0.25) is 0 Å². The van der Waals surface area contributed by atoms with Crippen molar-refractivity contribution in [2.24, 2.45) is 5.92 Å². The maximum absolute atomic E-state index is 12.7. The van der Waals surface area contributed by atoms with E-state index in [9.17, 15) is 9.90 Å². The number of fused-ring (bicyclic) bond motifs is 3. The summed E-state index contributed by atoms with van der Waals surface area (Å²) in [5.41, 5.74) is 2.24. The first-order valence-electron chi connectivity index (χ1n) is 8.35. The van der Waals surface area contributed by atoms with Gasteiger partial charge in [-0.3, -0.25) is 4.79 Å². The van der Waals surface area contributed by atoms with E-state index < -0.39 is 5.54 Å². The maximum Gasteiger partial charge on any atom is 0.272 e. The molecule has 0 saturated heterocycles. The van der Waals surface area contributed by atoms with Gasteiger partial charge in [-0.2, -0.15) is 10.4 Å². The molecular weight excluding hydrogens is 318 g/mol. The number of carbonyl (C=O) groups excluding carboxylic acids is 1. The van der Waals surface area contributed by atoms with E-state index in [-0.39, 0.29) is 12.5 Å². The summed E-state index contributed by atoms with van der Waals surface area (Å²) in [5, 5.41) is 25.7. The van der Waals surface area contributed by atoms with E-state index in [1.54, 1.807) is 30.7 Å². The fourth-order valence-electron chi connectivity index (χ4n) is 3.46. The molecule has 1 saturated carbocycles. The second-order valence-corrected chi connectivity index (χ2v) is 7.44. The van der Waals surface area contributed by atoms with Crippen LogP contribution >= 0.6 is 0 Å². The SMILES string of the molecule is CC(C)(CO)NC(=O)c1nn(-c2ccc(C#N)cn2)c2c1C[C@H]1C[C@@H]21. The maximum atomic E-state index is 12.7. The normalized spacial score (nSPS) is 20.6.